The van der Waals surface area contributed by atoms with Crippen LogP contribution >= 0.6 is 0 Å². The third-order valence-corrected chi connectivity index (χ3v) is 3.57. The van der Waals surface area contributed by atoms with Crippen molar-refractivity contribution >= 4 is 17.5 Å². The Morgan fingerprint density at radius 1 is 1.33 bits per heavy atom. The van der Waals surface area contributed by atoms with Crippen LogP contribution in [0, 0.1) is 6.92 Å². The summed E-state index contributed by atoms with van der Waals surface area (Å²) in [6.07, 6.45) is 0. The third kappa shape index (κ3) is 3.72. The van der Waals surface area contributed by atoms with Crippen LogP contribution < -0.4 is 5.73 Å². The molecule has 0 aromatic heterocycles. The molecule has 0 spiro atoms. The smallest absolute Gasteiger partial charge is 0.254 e. The highest BCUT2D eigenvalue weighted by molar-refractivity contribution is 5.98. The van der Waals surface area contributed by atoms with Gasteiger partial charge in [0, 0.05) is 31.4 Å². The number of hydrogen-bond acceptors (Lipinski definition) is 4. The Hall–Kier alpha value is -2.08. The second-order valence-electron chi connectivity index (χ2n) is 5.23. The molecule has 0 aliphatic carbocycles. The molecule has 2 N–H and O–H groups in total. The predicted molar refractivity (Wildman–Crippen MR) is 80.0 cm³/mol. The molecule has 1 aromatic carbocycles. The van der Waals surface area contributed by atoms with Gasteiger partial charge in [-0.05, 0) is 24.6 Å². The molecule has 1 heterocycles. The van der Waals surface area contributed by atoms with Gasteiger partial charge in [-0.1, -0.05) is 6.07 Å². The molecule has 0 unspecified atom stereocenters. The molecule has 6 heteroatoms. The zero-order valence-electron chi connectivity index (χ0n) is 12.5. The summed E-state index contributed by atoms with van der Waals surface area (Å²) >= 11 is 0. The largest absolute Gasteiger partial charge is 0.399 e. The van der Waals surface area contributed by atoms with Crippen LogP contribution in [0.4, 0.5) is 5.69 Å². The summed E-state index contributed by atoms with van der Waals surface area (Å²) in [6.45, 7) is 4.18. The van der Waals surface area contributed by atoms with Crippen molar-refractivity contribution in [3.8, 4) is 0 Å². The minimum atomic E-state index is -0.193. The van der Waals surface area contributed by atoms with Gasteiger partial charge in [0.1, 0.15) is 0 Å². The zero-order valence-corrected chi connectivity index (χ0v) is 12.5. The Morgan fingerprint density at radius 2 is 2.00 bits per heavy atom. The number of carbonyl (C=O) groups excluding carboxylic acids is 2. The summed E-state index contributed by atoms with van der Waals surface area (Å²) < 4.78 is 5.21. The van der Waals surface area contributed by atoms with Gasteiger partial charge in [-0.3, -0.25) is 9.59 Å². The number of ether oxygens (including phenoxy) is 1. The van der Waals surface area contributed by atoms with E-state index in [1.54, 1.807) is 30.1 Å². The van der Waals surface area contributed by atoms with Gasteiger partial charge in [0.05, 0.1) is 19.8 Å². The van der Waals surface area contributed by atoms with Crippen molar-refractivity contribution in [2.45, 2.75) is 6.92 Å². The average Bonchev–Trinajstić information content (AvgIpc) is 2.49. The number of nitrogen functional groups attached to an aromatic ring is 1. The molecular weight excluding hydrogens is 270 g/mol. The van der Waals surface area contributed by atoms with Crippen LogP contribution in [-0.4, -0.2) is 61.5 Å². The summed E-state index contributed by atoms with van der Waals surface area (Å²) in [5, 5.41) is 0. The second kappa shape index (κ2) is 6.58. The Kier molecular flexibility index (Phi) is 4.80. The highest BCUT2D eigenvalue weighted by Crippen LogP contribution is 2.14. The van der Waals surface area contributed by atoms with Gasteiger partial charge in [-0.2, -0.15) is 0 Å². The zero-order chi connectivity index (χ0) is 15.4. The fourth-order valence-corrected chi connectivity index (χ4v) is 2.26. The van der Waals surface area contributed by atoms with Gasteiger partial charge in [0.25, 0.3) is 5.91 Å². The van der Waals surface area contributed by atoms with Gasteiger partial charge in [0.2, 0.25) is 5.91 Å². The van der Waals surface area contributed by atoms with Crippen LogP contribution in [0.2, 0.25) is 0 Å². The molecule has 2 amide bonds. The van der Waals surface area contributed by atoms with E-state index < -0.39 is 0 Å². The average molecular weight is 291 g/mol. The van der Waals surface area contributed by atoms with Crippen molar-refractivity contribution < 1.29 is 14.3 Å². The Bertz CT molecular complexity index is 539. The number of likely N-dealkylation sites (N-methyl/N-ethyl adjacent to an activating group) is 1. The predicted octanol–water partition coefficient (Wildman–Crippen LogP) is 0.508. The molecule has 1 saturated heterocycles. The van der Waals surface area contributed by atoms with Gasteiger partial charge < -0.3 is 20.3 Å². The van der Waals surface area contributed by atoms with E-state index in [9.17, 15) is 9.59 Å². The van der Waals surface area contributed by atoms with Crippen LogP contribution in [-0.2, 0) is 9.53 Å². The van der Waals surface area contributed by atoms with Gasteiger partial charge in [-0.15, -0.1) is 0 Å². The molecule has 0 atom stereocenters. The fraction of sp³-hybridized carbons (Fsp3) is 0.467. The lowest BCUT2D eigenvalue weighted by Gasteiger charge is -2.29. The Morgan fingerprint density at radius 3 is 2.67 bits per heavy atom. The highest BCUT2D eigenvalue weighted by atomic mass is 16.5. The first-order chi connectivity index (χ1) is 9.99. The van der Waals surface area contributed by atoms with Crippen LogP contribution in [0.5, 0.6) is 0 Å². The summed E-state index contributed by atoms with van der Waals surface area (Å²) in [5.41, 5.74) is 7.64. The second-order valence-corrected chi connectivity index (χ2v) is 5.23. The maximum absolute atomic E-state index is 12.4. The highest BCUT2D eigenvalue weighted by Gasteiger charge is 2.21. The van der Waals surface area contributed by atoms with Crippen molar-refractivity contribution in [1.82, 2.24) is 9.80 Å². The molecule has 1 aliphatic rings. The molecule has 0 saturated carbocycles. The van der Waals surface area contributed by atoms with Crippen molar-refractivity contribution in [1.29, 1.82) is 0 Å². The monoisotopic (exact) mass is 291 g/mol. The minimum Gasteiger partial charge on any atom is -0.399 e. The fourth-order valence-electron chi connectivity index (χ4n) is 2.26. The first-order valence-electron chi connectivity index (χ1n) is 6.96. The van der Waals surface area contributed by atoms with Crippen LogP contribution in [0.3, 0.4) is 0 Å². The summed E-state index contributed by atoms with van der Waals surface area (Å²) in [7, 11) is 1.63. The summed E-state index contributed by atoms with van der Waals surface area (Å²) in [6, 6.07) is 5.21. The molecule has 1 fully saturated rings. The molecule has 114 valence electrons. The Labute approximate surface area is 124 Å². The lowest BCUT2D eigenvalue weighted by atomic mass is 10.1. The number of morpholine rings is 1. The SMILES string of the molecule is Cc1ccc(N)cc1C(=O)N(C)CC(=O)N1CCOCC1. The van der Waals surface area contributed by atoms with Crippen molar-refractivity contribution in [3.05, 3.63) is 29.3 Å². The topological polar surface area (TPSA) is 75.9 Å². The number of hydrogen-bond donors (Lipinski definition) is 1. The first-order valence-corrected chi connectivity index (χ1v) is 6.96. The van der Waals surface area contributed by atoms with E-state index in [1.807, 2.05) is 6.92 Å². The van der Waals surface area contributed by atoms with E-state index in [0.717, 1.165) is 5.56 Å². The first kappa shape index (κ1) is 15.3. The van der Waals surface area contributed by atoms with E-state index in [-0.39, 0.29) is 18.4 Å². The number of aryl methyl sites for hydroxylation is 1. The molecular formula is C15H21N3O3. The number of amides is 2. The van der Waals surface area contributed by atoms with E-state index in [1.165, 1.54) is 4.90 Å². The molecule has 0 bridgehead atoms. The van der Waals surface area contributed by atoms with Gasteiger partial charge in [0.15, 0.2) is 0 Å². The maximum Gasteiger partial charge on any atom is 0.254 e. The lowest BCUT2D eigenvalue weighted by Crippen LogP contribution is -2.46. The third-order valence-electron chi connectivity index (χ3n) is 3.57. The van der Waals surface area contributed by atoms with Crippen LogP contribution in [0.25, 0.3) is 0 Å². The molecule has 0 radical (unpaired) electrons. The molecule has 6 nitrogen and oxygen atoms in total. The number of nitrogens with two attached hydrogens (primary N) is 1. The molecule has 21 heavy (non-hydrogen) atoms. The standard InChI is InChI=1S/C15H21N3O3/c1-11-3-4-12(16)9-13(11)15(20)17(2)10-14(19)18-5-7-21-8-6-18/h3-4,9H,5-8,10,16H2,1-2H3. The van der Waals surface area contributed by atoms with Gasteiger partial charge >= 0.3 is 0 Å². The number of carbonyl (C=O) groups is 2. The maximum atomic E-state index is 12.4. The van der Waals surface area contributed by atoms with Crippen LogP contribution in [0.1, 0.15) is 15.9 Å². The number of benzene rings is 1. The van der Waals surface area contributed by atoms with E-state index in [0.29, 0.717) is 37.6 Å². The lowest BCUT2D eigenvalue weighted by molar-refractivity contribution is -0.135. The van der Waals surface area contributed by atoms with Crippen LogP contribution in [0.15, 0.2) is 18.2 Å². The quantitative estimate of drug-likeness (QED) is 0.823. The van der Waals surface area contributed by atoms with E-state index in [4.69, 9.17) is 10.5 Å². The normalized spacial score (nSPS) is 14.9. The number of rotatable bonds is 3. The molecule has 2 rings (SSSR count). The van der Waals surface area contributed by atoms with Crippen molar-refractivity contribution in [2.75, 3.05) is 45.6 Å². The van der Waals surface area contributed by atoms with E-state index >= 15 is 0 Å². The van der Waals surface area contributed by atoms with Crippen molar-refractivity contribution in [2.24, 2.45) is 0 Å². The van der Waals surface area contributed by atoms with E-state index in [2.05, 4.69) is 0 Å². The number of anilines is 1. The minimum absolute atomic E-state index is 0.0595. The Balaban J connectivity index is 2.02. The number of nitrogens with zero attached hydrogens (tertiary/aromatic N) is 2. The molecule has 1 aliphatic heterocycles. The summed E-state index contributed by atoms with van der Waals surface area (Å²) in [4.78, 5) is 27.7. The summed E-state index contributed by atoms with van der Waals surface area (Å²) in [5.74, 6) is -0.253. The van der Waals surface area contributed by atoms with Gasteiger partial charge in [-0.25, -0.2) is 0 Å². The van der Waals surface area contributed by atoms with Crippen molar-refractivity contribution in [3.63, 3.8) is 0 Å². The molecule has 1 aromatic rings.